The van der Waals surface area contributed by atoms with Crippen molar-refractivity contribution in [2.24, 2.45) is 0 Å². The minimum absolute atomic E-state index is 0.686. The van der Waals surface area contributed by atoms with Crippen LogP contribution >= 0.6 is 11.3 Å². The molecule has 0 bridgehead atoms. The molecule has 2 heterocycles. The number of likely N-dealkylation sites (N-methyl/N-ethyl adjacent to an activating group) is 1. The zero-order valence-electron chi connectivity index (χ0n) is 10.3. The van der Waals surface area contributed by atoms with Gasteiger partial charge in [0.25, 0.3) is 0 Å². The molecule has 1 aromatic heterocycles. The van der Waals surface area contributed by atoms with E-state index < -0.39 is 0 Å². The summed E-state index contributed by atoms with van der Waals surface area (Å²) in [6.45, 7) is 5.73. The van der Waals surface area contributed by atoms with Crippen LogP contribution in [-0.4, -0.2) is 31.1 Å². The van der Waals surface area contributed by atoms with E-state index in [4.69, 9.17) is 0 Å². The summed E-state index contributed by atoms with van der Waals surface area (Å²) in [5.74, 6) is 0. The van der Waals surface area contributed by atoms with Crippen molar-refractivity contribution >= 4 is 11.3 Å². The molecule has 1 aliphatic rings. The summed E-state index contributed by atoms with van der Waals surface area (Å²) in [6.07, 6.45) is 3.83. The van der Waals surface area contributed by atoms with Crippen LogP contribution in [-0.2, 0) is 13.0 Å². The highest BCUT2D eigenvalue weighted by atomic mass is 32.1. The minimum atomic E-state index is 0.686. The maximum Gasteiger partial charge on any atom is 0.0302 e. The standard InChI is InChI=1S/C13H22N2S/c1-3-12-6-7-13(16-12)9-14-11-5-4-8-15(2)10-11/h6-7,11,14H,3-5,8-10H2,1-2H3. The van der Waals surface area contributed by atoms with Crippen molar-refractivity contribution in [1.29, 1.82) is 0 Å². The van der Waals surface area contributed by atoms with Gasteiger partial charge < -0.3 is 10.2 Å². The molecule has 1 atom stereocenters. The fourth-order valence-corrected chi connectivity index (χ4v) is 3.19. The number of hydrogen-bond donors (Lipinski definition) is 1. The van der Waals surface area contributed by atoms with Gasteiger partial charge >= 0.3 is 0 Å². The molecule has 1 aromatic rings. The lowest BCUT2D eigenvalue weighted by molar-refractivity contribution is 0.227. The molecule has 1 aliphatic heterocycles. The van der Waals surface area contributed by atoms with Gasteiger partial charge in [-0.25, -0.2) is 0 Å². The fraction of sp³-hybridized carbons (Fsp3) is 0.692. The third kappa shape index (κ3) is 3.30. The summed E-state index contributed by atoms with van der Waals surface area (Å²) in [4.78, 5) is 5.40. The molecule has 0 saturated carbocycles. The molecule has 0 radical (unpaired) electrons. The molecule has 1 saturated heterocycles. The van der Waals surface area contributed by atoms with Gasteiger partial charge in [-0.05, 0) is 45.0 Å². The number of likely N-dealkylation sites (tertiary alicyclic amines) is 1. The van der Waals surface area contributed by atoms with Crippen molar-refractivity contribution in [1.82, 2.24) is 10.2 Å². The topological polar surface area (TPSA) is 15.3 Å². The van der Waals surface area contributed by atoms with Crippen LogP contribution in [0.3, 0.4) is 0 Å². The largest absolute Gasteiger partial charge is 0.308 e. The van der Waals surface area contributed by atoms with Gasteiger partial charge in [0.2, 0.25) is 0 Å². The van der Waals surface area contributed by atoms with Crippen molar-refractivity contribution < 1.29 is 0 Å². The van der Waals surface area contributed by atoms with Crippen LogP contribution in [0, 0.1) is 0 Å². The lowest BCUT2D eigenvalue weighted by atomic mass is 10.1. The zero-order valence-corrected chi connectivity index (χ0v) is 11.1. The van der Waals surface area contributed by atoms with Gasteiger partial charge in [-0.3, -0.25) is 0 Å². The monoisotopic (exact) mass is 238 g/mol. The second kappa shape index (κ2) is 5.80. The van der Waals surface area contributed by atoms with Gasteiger partial charge in [0.15, 0.2) is 0 Å². The summed E-state index contributed by atoms with van der Waals surface area (Å²) < 4.78 is 0. The van der Waals surface area contributed by atoms with Crippen LogP contribution in [0.4, 0.5) is 0 Å². The van der Waals surface area contributed by atoms with Gasteiger partial charge in [-0.2, -0.15) is 0 Å². The Kier molecular flexibility index (Phi) is 4.38. The van der Waals surface area contributed by atoms with Gasteiger partial charge in [0.05, 0.1) is 0 Å². The van der Waals surface area contributed by atoms with Crippen LogP contribution in [0.15, 0.2) is 12.1 Å². The van der Waals surface area contributed by atoms with Crippen molar-refractivity contribution in [2.75, 3.05) is 20.1 Å². The predicted octanol–water partition coefficient (Wildman–Crippen LogP) is 2.49. The Balaban J connectivity index is 1.78. The van der Waals surface area contributed by atoms with Crippen LogP contribution in [0.2, 0.25) is 0 Å². The van der Waals surface area contributed by atoms with E-state index >= 15 is 0 Å². The second-order valence-electron chi connectivity index (χ2n) is 4.70. The molecule has 0 aliphatic carbocycles. The van der Waals surface area contributed by atoms with Gasteiger partial charge in [-0.1, -0.05) is 6.92 Å². The van der Waals surface area contributed by atoms with E-state index in [1.165, 1.54) is 35.7 Å². The van der Waals surface area contributed by atoms with Crippen LogP contribution in [0.25, 0.3) is 0 Å². The lowest BCUT2D eigenvalue weighted by Gasteiger charge is -2.30. The highest BCUT2D eigenvalue weighted by Crippen LogP contribution is 2.17. The molecular weight excluding hydrogens is 216 g/mol. The van der Waals surface area contributed by atoms with Crippen LogP contribution in [0.1, 0.15) is 29.5 Å². The van der Waals surface area contributed by atoms with Gasteiger partial charge in [0, 0.05) is 28.9 Å². The first-order valence-corrected chi connectivity index (χ1v) is 7.09. The summed E-state index contributed by atoms with van der Waals surface area (Å²) in [6, 6.07) is 5.21. The van der Waals surface area contributed by atoms with Crippen molar-refractivity contribution in [3.63, 3.8) is 0 Å². The third-order valence-electron chi connectivity index (χ3n) is 3.26. The van der Waals surface area contributed by atoms with Crippen molar-refractivity contribution in [2.45, 2.75) is 38.8 Å². The number of thiophene rings is 1. The Morgan fingerprint density at radius 1 is 1.44 bits per heavy atom. The highest BCUT2D eigenvalue weighted by molar-refractivity contribution is 7.11. The van der Waals surface area contributed by atoms with Crippen molar-refractivity contribution in [3.05, 3.63) is 21.9 Å². The Bertz CT molecular complexity index is 321. The minimum Gasteiger partial charge on any atom is -0.308 e. The quantitative estimate of drug-likeness (QED) is 0.867. The average molecular weight is 238 g/mol. The number of aryl methyl sites for hydroxylation is 1. The van der Waals surface area contributed by atoms with Gasteiger partial charge in [0.1, 0.15) is 0 Å². The lowest BCUT2D eigenvalue weighted by Crippen LogP contribution is -2.43. The highest BCUT2D eigenvalue weighted by Gasteiger charge is 2.16. The molecule has 0 spiro atoms. The smallest absolute Gasteiger partial charge is 0.0302 e. The van der Waals surface area contributed by atoms with Crippen LogP contribution < -0.4 is 5.32 Å². The molecule has 1 fully saturated rings. The molecule has 2 nitrogen and oxygen atoms in total. The Labute approximate surface area is 103 Å². The molecule has 3 heteroatoms. The summed E-state index contributed by atoms with van der Waals surface area (Å²) in [7, 11) is 2.22. The Morgan fingerprint density at radius 3 is 2.94 bits per heavy atom. The average Bonchev–Trinajstić information content (AvgIpc) is 2.74. The Hall–Kier alpha value is -0.380. The fourth-order valence-electron chi connectivity index (χ4n) is 2.29. The van der Waals surface area contributed by atoms with Gasteiger partial charge in [-0.15, -0.1) is 11.3 Å². The molecule has 0 aromatic carbocycles. The number of nitrogens with zero attached hydrogens (tertiary/aromatic N) is 1. The number of rotatable bonds is 4. The zero-order chi connectivity index (χ0) is 11.4. The number of nitrogens with one attached hydrogen (secondary N) is 1. The molecule has 16 heavy (non-hydrogen) atoms. The van der Waals surface area contributed by atoms with Crippen LogP contribution in [0.5, 0.6) is 0 Å². The maximum absolute atomic E-state index is 3.67. The SMILES string of the molecule is CCc1ccc(CNC2CCCN(C)C2)s1. The first-order valence-electron chi connectivity index (χ1n) is 6.27. The third-order valence-corrected chi connectivity index (χ3v) is 4.48. The maximum atomic E-state index is 3.67. The first-order chi connectivity index (χ1) is 7.78. The number of hydrogen-bond acceptors (Lipinski definition) is 3. The first kappa shape index (κ1) is 12.1. The molecular formula is C13H22N2S. The van der Waals surface area contributed by atoms with E-state index in [9.17, 15) is 0 Å². The van der Waals surface area contributed by atoms with Crippen molar-refractivity contribution in [3.8, 4) is 0 Å². The molecule has 90 valence electrons. The van der Waals surface area contributed by atoms with E-state index in [2.05, 4.69) is 36.3 Å². The molecule has 1 unspecified atom stereocenters. The normalized spacial score (nSPS) is 22.5. The summed E-state index contributed by atoms with van der Waals surface area (Å²) >= 11 is 1.95. The number of piperidine rings is 1. The molecule has 0 amide bonds. The predicted molar refractivity (Wildman–Crippen MR) is 71.1 cm³/mol. The van der Waals surface area contributed by atoms with E-state index in [1.807, 2.05) is 11.3 Å². The Morgan fingerprint density at radius 2 is 2.25 bits per heavy atom. The summed E-state index contributed by atoms with van der Waals surface area (Å²) in [5, 5.41) is 3.67. The second-order valence-corrected chi connectivity index (χ2v) is 5.96. The molecule has 2 rings (SSSR count). The van der Waals surface area contributed by atoms with E-state index in [-0.39, 0.29) is 0 Å². The van der Waals surface area contributed by atoms with E-state index in [0.717, 1.165) is 13.0 Å². The molecule has 1 N–H and O–H groups in total. The summed E-state index contributed by atoms with van der Waals surface area (Å²) in [5.41, 5.74) is 0. The van der Waals surface area contributed by atoms with E-state index in [0.29, 0.717) is 6.04 Å². The van der Waals surface area contributed by atoms with E-state index in [1.54, 1.807) is 0 Å².